The molecule has 0 spiro atoms. The fourth-order valence-electron chi connectivity index (χ4n) is 2.19. The Balaban J connectivity index is 1.65. The Morgan fingerprint density at radius 3 is 2.42 bits per heavy atom. The predicted octanol–water partition coefficient (Wildman–Crippen LogP) is 3.65. The number of aryl methyl sites for hydroxylation is 1. The van der Waals surface area contributed by atoms with Gasteiger partial charge in [0.1, 0.15) is 15.8 Å². The molecule has 0 fully saturated rings. The van der Waals surface area contributed by atoms with E-state index in [1.54, 1.807) is 36.4 Å². The number of nitrogens with one attached hydrogen (secondary N) is 2. The fraction of sp³-hybridized carbons (Fsp3) is 0.176. The molecule has 6 nitrogen and oxygen atoms in total. The molecule has 26 heavy (non-hydrogen) atoms. The van der Waals surface area contributed by atoms with Crippen LogP contribution in [0.2, 0.25) is 0 Å². The van der Waals surface area contributed by atoms with E-state index in [0.29, 0.717) is 11.4 Å². The van der Waals surface area contributed by atoms with Crippen LogP contribution in [0.3, 0.4) is 0 Å². The number of anilines is 2. The van der Waals surface area contributed by atoms with E-state index in [-0.39, 0.29) is 22.4 Å². The summed E-state index contributed by atoms with van der Waals surface area (Å²) in [6.45, 7) is 2.22. The second-order valence-electron chi connectivity index (χ2n) is 5.43. The van der Waals surface area contributed by atoms with Crippen molar-refractivity contribution in [3.8, 4) is 0 Å². The summed E-state index contributed by atoms with van der Waals surface area (Å²) < 4.78 is 40.9. The Hall–Kier alpha value is -2.52. The summed E-state index contributed by atoms with van der Waals surface area (Å²) in [5, 5.41) is 10.7. The summed E-state index contributed by atoms with van der Waals surface area (Å²) in [5.74, 6) is 0.230. The van der Waals surface area contributed by atoms with Crippen molar-refractivity contribution < 1.29 is 12.8 Å². The SMILES string of the molecule is CCc1ccc(S(=O)(=O)Nc2ccc(NCc3ccccc3F)nn2)s1. The quantitative estimate of drug-likeness (QED) is 0.641. The molecule has 2 N–H and O–H groups in total. The topological polar surface area (TPSA) is 84.0 Å². The second-order valence-corrected chi connectivity index (χ2v) is 8.51. The van der Waals surface area contributed by atoms with Gasteiger partial charge in [0.05, 0.1) is 0 Å². The third-order valence-electron chi connectivity index (χ3n) is 3.57. The lowest BCUT2D eigenvalue weighted by atomic mass is 10.2. The zero-order chi connectivity index (χ0) is 18.6. The molecule has 0 unspecified atom stereocenters. The van der Waals surface area contributed by atoms with Gasteiger partial charge in [0.25, 0.3) is 10.0 Å². The van der Waals surface area contributed by atoms with E-state index in [9.17, 15) is 12.8 Å². The smallest absolute Gasteiger partial charge is 0.272 e. The molecule has 0 aliphatic carbocycles. The Morgan fingerprint density at radius 1 is 1.04 bits per heavy atom. The first kappa shape index (κ1) is 18.3. The molecule has 0 radical (unpaired) electrons. The van der Waals surface area contributed by atoms with Crippen molar-refractivity contribution in [3.63, 3.8) is 0 Å². The molecule has 3 aromatic rings. The number of halogens is 1. The summed E-state index contributed by atoms with van der Waals surface area (Å²) in [6, 6.07) is 12.9. The zero-order valence-electron chi connectivity index (χ0n) is 13.9. The lowest BCUT2D eigenvalue weighted by Crippen LogP contribution is -2.13. The summed E-state index contributed by atoms with van der Waals surface area (Å²) in [7, 11) is -3.68. The van der Waals surface area contributed by atoms with Crippen molar-refractivity contribution in [2.24, 2.45) is 0 Å². The van der Waals surface area contributed by atoms with Crippen LogP contribution in [0.1, 0.15) is 17.4 Å². The van der Waals surface area contributed by atoms with Gasteiger partial charge >= 0.3 is 0 Å². The molecule has 9 heteroatoms. The minimum Gasteiger partial charge on any atom is -0.364 e. The number of thiophene rings is 1. The monoisotopic (exact) mass is 392 g/mol. The Labute approximate surface area is 155 Å². The fourth-order valence-corrected chi connectivity index (χ4v) is 4.48. The number of aromatic nitrogens is 2. The third kappa shape index (κ3) is 4.36. The van der Waals surface area contributed by atoms with E-state index in [1.807, 2.05) is 6.92 Å². The largest absolute Gasteiger partial charge is 0.364 e. The van der Waals surface area contributed by atoms with E-state index in [2.05, 4.69) is 20.2 Å². The third-order valence-corrected chi connectivity index (χ3v) is 6.65. The number of benzene rings is 1. The van der Waals surface area contributed by atoms with Crippen molar-refractivity contribution in [1.29, 1.82) is 0 Å². The van der Waals surface area contributed by atoms with Crippen molar-refractivity contribution in [3.05, 3.63) is 64.8 Å². The first-order valence-electron chi connectivity index (χ1n) is 7.90. The molecule has 136 valence electrons. The van der Waals surface area contributed by atoms with E-state index in [0.717, 1.165) is 11.3 Å². The standard InChI is InChI=1S/C17H17FN4O2S2/c1-2-13-7-10-17(25-13)26(23,24)22-16-9-8-15(20-21-16)19-11-12-5-3-4-6-14(12)18/h3-10H,2,11H2,1H3,(H,19,20)(H,21,22). The molecule has 2 aromatic heterocycles. The minimum absolute atomic E-state index is 0.118. The number of hydrogen-bond acceptors (Lipinski definition) is 6. The van der Waals surface area contributed by atoms with E-state index < -0.39 is 10.0 Å². The summed E-state index contributed by atoms with van der Waals surface area (Å²) >= 11 is 1.22. The van der Waals surface area contributed by atoms with Crippen LogP contribution in [0.25, 0.3) is 0 Å². The molecule has 0 aliphatic rings. The lowest BCUT2D eigenvalue weighted by molar-refractivity contribution is 0.602. The van der Waals surface area contributed by atoms with E-state index in [1.165, 1.54) is 23.5 Å². The molecule has 0 amide bonds. The Morgan fingerprint density at radius 2 is 1.77 bits per heavy atom. The van der Waals surface area contributed by atoms with Crippen LogP contribution >= 0.6 is 11.3 Å². The van der Waals surface area contributed by atoms with Crippen LogP contribution < -0.4 is 10.0 Å². The molecular weight excluding hydrogens is 375 g/mol. The summed E-state index contributed by atoms with van der Waals surface area (Å²) in [5.41, 5.74) is 0.503. The van der Waals surface area contributed by atoms with Gasteiger partial charge in [0.15, 0.2) is 5.82 Å². The first-order chi connectivity index (χ1) is 12.5. The highest BCUT2D eigenvalue weighted by molar-refractivity contribution is 7.94. The van der Waals surface area contributed by atoms with Gasteiger partial charge in [0.2, 0.25) is 0 Å². The van der Waals surface area contributed by atoms with Gasteiger partial charge in [-0.1, -0.05) is 25.1 Å². The summed E-state index contributed by atoms with van der Waals surface area (Å²) in [4.78, 5) is 0.990. The number of sulfonamides is 1. The molecule has 0 saturated heterocycles. The van der Waals surface area contributed by atoms with Crippen LogP contribution in [-0.2, 0) is 23.0 Å². The van der Waals surface area contributed by atoms with Crippen LogP contribution in [0, 0.1) is 5.82 Å². The maximum atomic E-state index is 13.6. The molecule has 0 saturated carbocycles. The Bertz CT molecular complexity index is 988. The average molecular weight is 392 g/mol. The van der Waals surface area contributed by atoms with Crippen LogP contribution in [0.15, 0.2) is 52.7 Å². The van der Waals surface area contributed by atoms with E-state index >= 15 is 0 Å². The highest BCUT2D eigenvalue weighted by atomic mass is 32.2. The molecule has 3 rings (SSSR count). The van der Waals surface area contributed by atoms with Gasteiger partial charge in [0, 0.05) is 17.0 Å². The molecule has 2 heterocycles. The van der Waals surface area contributed by atoms with Crippen molar-refractivity contribution in [1.82, 2.24) is 10.2 Å². The Kier molecular flexibility index (Phi) is 5.48. The molecule has 0 bridgehead atoms. The minimum atomic E-state index is -3.68. The molecule has 0 aliphatic heterocycles. The number of hydrogen-bond donors (Lipinski definition) is 2. The van der Waals surface area contributed by atoms with Gasteiger partial charge in [-0.3, -0.25) is 4.72 Å². The predicted molar refractivity (Wildman–Crippen MR) is 100 cm³/mol. The van der Waals surface area contributed by atoms with E-state index in [4.69, 9.17) is 0 Å². The van der Waals surface area contributed by atoms with Gasteiger partial charge in [-0.2, -0.15) is 0 Å². The van der Waals surface area contributed by atoms with Crippen molar-refractivity contribution in [2.45, 2.75) is 24.1 Å². The van der Waals surface area contributed by atoms with Gasteiger partial charge in [-0.05, 0) is 36.8 Å². The zero-order valence-corrected chi connectivity index (χ0v) is 15.6. The molecular formula is C17H17FN4O2S2. The van der Waals surface area contributed by atoms with Gasteiger partial charge in [-0.15, -0.1) is 21.5 Å². The van der Waals surface area contributed by atoms with Crippen molar-refractivity contribution >= 4 is 33.0 Å². The maximum Gasteiger partial charge on any atom is 0.272 e. The first-order valence-corrected chi connectivity index (χ1v) is 10.2. The van der Waals surface area contributed by atoms with Crippen LogP contribution in [0.4, 0.5) is 16.0 Å². The van der Waals surface area contributed by atoms with Crippen LogP contribution in [-0.4, -0.2) is 18.6 Å². The number of rotatable bonds is 7. The highest BCUT2D eigenvalue weighted by Gasteiger charge is 2.17. The maximum absolute atomic E-state index is 13.6. The van der Waals surface area contributed by atoms with Gasteiger partial charge in [-0.25, -0.2) is 12.8 Å². The highest BCUT2D eigenvalue weighted by Crippen LogP contribution is 2.24. The van der Waals surface area contributed by atoms with Gasteiger partial charge < -0.3 is 5.32 Å². The lowest BCUT2D eigenvalue weighted by Gasteiger charge is -2.08. The number of nitrogens with zero attached hydrogens (tertiary/aromatic N) is 2. The molecule has 1 aromatic carbocycles. The summed E-state index contributed by atoms with van der Waals surface area (Å²) in [6.07, 6.45) is 0.780. The molecule has 0 atom stereocenters. The normalized spacial score (nSPS) is 11.3. The van der Waals surface area contributed by atoms with Crippen molar-refractivity contribution in [2.75, 3.05) is 10.0 Å². The van der Waals surface area contributed by atoms with Crippen LogP contribution in [0.5, 0.6) is 0 Å². The second kappa shape index (κ2) is 7.79. The average Bonchev–Trinajstić information content (AvgIpc) is 3.12.